The highest BCUT2D eigenvalue weighted by atomic mass is 35.5. The second kappa shape index (κ2) is 9.40. The van der Waals surface area contributed by atoms with Crippen LogP contribution in [0.3, 0.4) is 0 Å². The summed E-state index contributed by atoms with van der Waals surface area (Å²) in [5, 5.41) is 14.4. The van der Waals surface area contributed by atoms with E-state index in [9.17, 15) is 4.79 Å². The molecule has 0 spiro atoms. The molecule has 0 saturated carbocycles. The van der Waals surface area contributed by atoms with E-state index in [1.807, 2.05) is 30.3 Å². The number of amides is 1. The summed E-state index contributed by atoms with van der Waals surface area (Å²) in [5.41, 5.74) is 7.69. The largest absolute Gasteiger partial charge is 0.369 e. The normalized spacial score (nSPS) is 14.6. The number of carbonyl (C=O) groups excluding carboxylic acids is 1. The lowest BCUT2D eigenvalue weighted by Crippen LogP contribution is -2.39. The van der Waals surface area contributed by atoms with Gasteiger partial charge in [-0.1, -0.05) is 41.1 Å². The molecule has 0 unspecified atom stereocenters. The Balaban J connectivity index is 1.37. The fraction of sp³-hybridized carbons (Fsp3) is 0.333. The van der Waals surface area contributed by atoms with Crippen LogP contribution in [0.5, 0.6) is 0 Å². The second-order valence-corrected chi connectivity index (χ2v) is 8.81. The average molecular weight is 443 g/mol. The van der Waals surface area contributed by atoms with Crippen molar-refractivity contribution in [1.29, 1.82) is 0 Å². The van der Waals surface area contributed by atoms with E-state index >= 15 is 0 Å². The molecule has 3 heterocycles. The predicted molar refractivity (Wildman–Crippen MR) is 120 cm³/mol. The maximum atomic E-state index is 11.4. The molecule has 9 heteroatoms. The Morgan fingerprint density at radius 2 is 1.97 bits per heavy atom. The van der Waals surface area contributed by atoms with Gasteiger partial charge in [0.25, 0.3) is 0 Å². The summed E-state index contributed by atoms with van der Waals surface area (Å²) in [5.74, 6) is 0.703. The average Bonchev–Trinajstić information content (AvgIpc) is 3.21. The van der Waals surface area contributed by atoms with Crippen molar-refractivity contribution in [3.63, 3.8) is 0 Å². The SMILES string of the molecule is NC(=O)C1CCN(c2ncccc2CNc2nnc(Cc3ccc(Cl)cc3)s2)CC1. The quantitative estimate of drug-likeness (QED) is 0.581. The Kier molecular flexibility index (Phi) is 6.44. The Morgan fingerprint density at radius 1 is 1.20 bits per heavy atom. The van der Waals surface area contributed by atoms with Crippen LogP contribution in [0, 0.1) is 5.92 Å². The van der Waals surface area contributed by atoms with E-state index in [0.29, 0.717) is 6.54 Å². The van der Waals surface area contributed by atoms with Crippen molar-refractivity contribution in [2.45, 2.75) is 25.8 Å². The number of rotatable bonds is 7. The number of primary amides is 1. The lowest BCUT2D eigenvalue weighted by Gasteiger charge is -2.32. The molecule has 30 heavy (non-hydrogen) atoms. The molecule has 3 N–H and O–H groups in total. The van der Waals surface area contributed by atoms with Crippen LogP contribution in [-0.2, 0) is 17.8 Å². The van der Waals surface area contributed by atoms with E-state index in [1.54, 1.807) is 17.5 Å². The number of hydrogen-bond donors (Lipinski definition) is 2. The van der Waals surface area contributed by atoms with Gasteiger partial charge in [-0.05, 0) is 36.6 Å². The first kappa shape index (κ1) is 20.6. The highest BCUT2D eigenvalue weighted by Gasteiger charge is 2.25. The van der Waals surface area contributed by atoms with Crippen LogP contribution in [0.2, 0.25) is 5.02 Å². The molecule has 2 aromatic heterocycles. The Bertz CT molecular complexity index is 1000. The number of anilines is 2. The molecule has 1 aromatic carbocycles. The summed E-state index contributed by atoms with van der Waals surface area (Å²) in [4.78, 5) is 18.2. The van der Waals surface area contributed by atoms with Gasteiger partial charge in [0.15, 0.2) is 0 Å². The highest BCUT2D eigenvalue weighted by molar-refractivity contribution is 7.15. The predicted octanol–water partition coefficient (Wildman–Crippen LogP) is 3.49. The number of hydrogen-bond acceptors (Lipinski definition) is 7. The number of carbonyl (C=O) groups is 1. The van der Waals surface area contributed by atoms with Gasteiger partial charge in [0, 0.05) is 48.8 Å². The van der Waals surface area contributed by atoms with Crippen LogP contribution in [0.25, 0.3) is 0 Å². The van der Waals surface area contributed by atoms with E-state index < -0.39 is 0 Å². The van der Waals surface area contributed by atoms with Crippen LogP contribution in [0.1, 0.15) is 29.0 Å². The molecule has 4 rings (SSSR count). The molecule has 0 bridgehead atoms. The summed E-state index contributed by atoms with van der Waals surface area (Å²) in [7, 11) is 0. The molecule has 1 amide bonds. The third kappa shape index (κ3) is 5.06. The topological polar surface area (TPSA) is 97.0 Å². The zero-order valence-corrected chi connectivity index (χ0v) is 18.0. The molecule has 1 aliphatic rings. The number of pyridine rings is 1. The van der Waals surface area contributed by atoms with Crippen molar-refractivity contribution in [2.75, 3.05) is 23.3 Å². The summed E-state index contributed by atoms with van der Waals surface area (Å²) >= 11 is 7.49. The van der Waals surface area contributed by atoms with Crippen LogP contribution in [0.15, 0.2) is 42.6 Å². The van der Waals surface area contributed by atoms with Gasteiger partial charge in [0.1, 0.15) is 10.8 Å². The van der Waals surface area contributed by atoms with Crippen LogP contribution >= 0.6 is 22.9 Å². The van der Waals surface area contributed by atoms with Crippen molar-refractivity contribution in [1.82, 2.24) is 15.2 Å². The van der Waals surface area contributed by atoms with Gasteiger partial charge >= 0.3 is 0 Å². The maximum absolute atomic E-state index is 11.4. The fourth-order valence-electron chi connectivity index (χ4n) is 3.57. The van der Waals surface area contributed by atoms with E-state index in [1.165, 1.54) is 0 Å². The molecule has 3 aromatic rings. The third-order valence-corrected chi connectivity index (χ3v) is 6.36. The zero-order chi connectivity index (χ0) is 20.9. The molecule has 1 aliphatic heterocycles. The van der Waals surface area contributed by atoms with Gasteiger partial charge < -0.3 is 16.0 Å². The molecule has 1 saturated heterocycles. The number of nitrogens with zero attached hydrogens (tertiary/aromatic N) is 4. The molecular weight excluding hydrogens is 420 g/mol. The number of nitrogens with two attached hydrogens (primary N) is 1. The molecule has 0 aliphatic carbocycles. The van der Waals surface area contributed by atoms with Crippen molar-refractivity contribution < 1.29 is 4.79 Å². The maximum Gasteiger partial charge on any atom is 0.220 e. The smallest absolute Gasteiger partial charge is 0.220 e. The number of halogens is 1. The van der Waals surface area contributed by atoms with E-state index in [0.717, 1.165) is 64.5 Å². The summed E-state index contributed by atoms with van der Waals surface area (Å²) in [6, 6.07) is 11.8. The first-order valence-corrected chi connectivity index (χ1v) is 11.1. The van der Waals surface area contributed by atoms with Gasteiger partial charge in [-0.25, -0.2) is 4.98 Å². The lowest BCUT2D eigenvalue weighted by molar-refractivity contribution is -0.122. The minimum atomic E-state index is -0.205. The monoisotopic (exact) mass is 442 g/mol. The van der Waals surface area contributed by atoms with Gasteiger partial charge in [-0.2, -0.15) is 0 Å². The molecular formula is C21H23ClN6OS. The van der Waals surface area contributed by atoms with Crippen molar-refractivity contribution in [2.24, 2.45) is 11.7 Å². The summed E-state index contributed by atoms with van der Waals surface area (Å²) in [6.45, 7) is 2.16. The van der Waals surface area contributed by atoms with Crippen LogP contribution < -0.4 is 16.0 Å². The summed E-state index contributed by atoms with van der Waals surface area (Å²) in [6.07, 6.45) is 4.06. The standard InChI is InChI=1S/C21H23ClN6OS/c22-17-5-3-14(4-6-17)12-18-26-27-21(30-18)25-13-16-2-1-9-24-20(16)28-10-7-15(8-11-28)19(23)29/h1-6,9,15H,7-8,10-13H2,(H2,23,29)(H,25,27). The molecule has 0 atom stereocenters. The molecule has 7 nitrogen and oxygen atoms in total. The van der Waals surface area contributed by atoms with Crippen molar-refractivity contribution in [3.8, 4) is 0 Å². The van der Waals surface area contributed by atoms with E-state index in [2.05, 4.69) is 31.5 Å². The number of piperidine rings is 1. The Labute approximate surface area is 184 Å². The molecule has 1 fully saturated rings. The van der Waals surface area contributed by atoms with E-state index in [4.69, 9.17) is 17.3 Å². The van der Waals surface area contributed by atoms with Gasteiger partial charge in [0.2, 0.25) is 11.0 Å². The summed E-state index contributed by atoms with van der Waals surface area (Å²) < 4.78 is 0. The molecule has 156 valence electrons. The van der Waals surface area contributed by atoms with Gasteiger partial charge in [0.05, 0.1) is 0 Å². The van der Waals surface area contributed by atoms with Gasteiger partial charge in [-0.3, -0.25) is 4.79 Å². The second-order valence-electron chi connectivity index (χ2n) is 7.31. The van der Waals surface area contributed by atoms with Crippen LogP contribution in [-0.4, -0.2) is 34.2 Å². The van der Waals surface area contributed by atoms with Crippen molar-refractivity contribution >= 4 is 39.8 Å². The van der Waals surface area contributed by atoms with Crippen molar-refractivity contribution in [3.05, 3.63) is 63.8 Å². The van der Waals surface area contributed by atoms with E-state index in [-0.39, 0.29) is 11.8 Å². The Morgan fingerprint density at radius 3 is 2.70 bits per heavy atom. The Hall–Kier alpha value is -2.71. The van der Waals surface area contributed by atoms with Gasteiger partial charge in [-0.15, -0.1) is 10.2 Å². The number of nitrogens with one attached hydrogen (secondary N) is 1. The first-order chi connectivity index (χ1) is 14.6. The molecule has 0 radical (unpaired) electrons. The highest BCUT2D eigenvalue weighted by Crippen LogP contribution is 2.26. The number of benzene rings is 1. The lowest BCUT2D eigenvalue weighted by atomic mass is 9.96. The zero-order valence-electron chi connectivity index (χ0n) is 16.4. The van der Waals surface area contributed by atoms with Crippen LogP contribution in [0.4, 0.5) is 10.9 Å². The third-order valence-electron chi connectivity index (χ3n) is 5.23. The first-order valence-electron chi connectivity index (χ1n) is 9.87. The minimum Gasteiger partial charge on any atom is -0.369 e. The minimum absolute atomic E-state index is 0.0352. The number of aromatic nitrogens is 3. The fourth-order valence-corrected chi connectivity index (χ4v) is 4.47.